The summed E-state index contributed by atoms with van der Waals surface area (Å²) in [5, 5.41) is 11.8. The van der Waals surface area contributed by atoms with Gasteiger partial charge in [0.1, 0.15) is 0 Å². The minimum atomic E-state index is -2.68. The Morgan fingerprint density at radius 2 is 1.42 bits per heavy atom. The molecule has 0 spiro atoms. The molecule has 0 aromatic heterocycles. The van der Waals surface area contributed by atoms with Crippen LogP contribution in [-0.2, 0) is 0 Å². The summed E-state index contributed by atoms with van der Waals surface area (Å²) in [5.74, 6) is 1.46. The van der Waals surface area contributed by atoms with Gasteiger partial charge in [0.05, 0.1) is 0 Å². The molecule has 2 aliphatic carbocycles. The summed E-state index contributed by atoms with van der Waals surface area (Å²) in [6, 6.07) is 0. The Labute approximate surface area is 211 Å². The number of allylic oxidation sites excluding steroid dienone is 4. The van der Waals surface area contributed by atoms with Crippen molar-refractivity contribution in [1.82, 2.24) is 0 Å². The molecule has 190 valence electrons. The molecular weight excluding hydrogens is 507 g/mol. The van der Waals surface area contributed by atoms with Crippen LogP contribution in [0.3, 0.4) is 0 Å². The Balaban J connectivity index is 2.52. The summed E-state index contributed by atoms with van der Waals surface area (Å²) >= 11 is -2.68. The van der Waals surface area contributed by atoms with Crippen molar-refractivity contribution < 1.29 is 5.11 Å². The van der Waals surface area contributed by atoms with E-state index >= 15 is 0 Å². The molecule has 0 bridgehead atoms. The molecule has 0 amide bonds. The number of hydrogen-bond donors (Lipinski definition) is 1. The van der Waals surface area contributed by atoms with Gasteiger partial charge in [-0.25, -0.2) is 0 Å². The van der Waals surface area contributed by atoms with Crippen LogP contribution in [0.5, 0.6) is 0 Å². The number of hydrogen-bond acceptors (Lipinski definition) is 1. The maximum atomic E-state index is 11.8. The van der Waals surface area contributed by atoms with Crippen LogP contribution in [0.1, 0.15) is 119 Å². The summed E-state index contributed by atoms with van der Waals surface area (Å²) in [4.78, 5) is 0. The van der Waals surface area contributed by atoms with E-state index < -0.39 is 18.4 Å². The molecule has 33 heavy (non-hydrogen) atoms. The second kappa shape index (κ2) is 13.9. The zero-order valence-corrected chi connectivity index (χ0v) is 26.2. The average Bonchev–Trinajstić information content (AvgIpc) is 3.32. The third kappa shape index (κ3) is 8.26. The first-order valence-corrected chi connectivity index (χ1v) is 21.9. The van der Waals surface area contributed by atoms with Gasteiger partial charge < -0.3 is 0 Å². The molecule has 2 aliphatic rings. The van der Waals surface area contributed by atoms with Gasteiger partial charge in [-0.15, -0.1) is 0 Å². The van der Waals surface area contributed by atoms with Crippen molar-refractivity contribution in [1.29, 1.82) is 0 Å². The Bertz CT molecular complexity index is 661. The van der Waals surface area contributed by atoms with Gasteiger partial charge in [-0.1, -0.05) is 0 Å². The van der Waals surface area contributed by atoms with Crippen molar-refractivity contribution in [3.8, 4) is 0 Å². The number of rotatable bonds is 10. The third-order valence-corrected chi connectivity index (χ3v) is 25.2. The molecule has 3 atom stereocenters. The molecule has 1 nitrogen and oxygen atoms in total. The van der Waals surface area contributed by atoms with E-state index in [0.29, 0.717) is 11.3 Å². The molecule has 1 saturated carbocycles. The molecule has 0 saturated heterocycles. The van der Waals surface area contributed by atoms with Crippen molar-refractivity contribution in [2.24, 2.45) is 17.3 Å². The topological polar surface area (TPSA) is 20.2 Å². The van der Waals surface area contributed by atoms with Gasteiger partial charge in [-0.3, -0.25) is 0 Å². The molecule has 0 radical (unpaired) electrons. The van der Waals surface area contributed by atoms with Gasteiger partial charge in [-0.2, -0.15) is 0 Å². The van der Waals surface area contributed by atoms with Crippen LogP contribution in [0.2, 0.25) is 13.3 Å². The van der Waals surface area contributed by atoms with Gasteiger partial charge >= 0.3 is 212 Å². The van der Waals surface area contributed by atoms with Crippen molar-refractivity contribution >= 4 is 18.4 Å². The van der Waals surface area contributed by atoms with Crippen LogP contribution in [0.25, 0.3) is 0 Å². The number of fused-ring (bicyclic) bond motifs is 1. The molecule has 0 unspecified atom stereocenters. The summed E-state index contributed by atoms with van der Waals surface area (Å²) in [7, 11) is 0. The Morgan fingerprint density at radius 1 is 0.879 bits per heavy atom. The van der Waals surface area contributed by atoms with Crippen LogP contribution < -0.4 is 0 Å². The number of aliphatic hydroxyl groups is 1. The maximum absolute atomic E-state index is 11.8. The fourth-order valence-electron chi connectivity index (χ4n) is 6.43. The fourth-order valence-corrected chi connectivity index (χ4v) is 23.7. The molecular formula is C31H56OSn. The minimum absolute atomic E-state index is 0.237. The normalized spacial score (nSPS) is 31.3. The molecule has 0 aromatic carbocycles. The second-order valence-electron chi connectivity index (χ2n) is 12.1. The molecule has 1 N–H and O–H groups in total. The first-order valence-electron chi connectivity index (χ1n) is 14.4. The van der Waals surface area contributed by atoms with Crippen molar-refractivity contribution in [3.05, 3.63) is 33.0 Å². The molecule has 2 heteroatoms. The quantitative estimate of drug-likeness (QED) is 0.207. The van der Waals surface area contributed by atoms with Gasteiger partial charge in [0, 0.05) is 0 Å². The fraction of sp³-hybridized carbons (Fsp3) is 0.806. The first kappa shape index (κ1) is 29.2. The monoisotopic (exact) mass is 564 g/mol. The van der Waals surface area contributed by atoms with E-state index in [1.165, 1.54) is 70.2 Å². The predicted octanol–water partition coefficient (Wildman–Crippen LogP) is 9.79. The van der Waals surface area contributed by atoms with E-state index in [0.717, 1.165) is 25.2 Å². The van der Waals surface area contributed by atoms with Crippen LogP contribution in [-0.4, -0.2) is 29.6 Å². The van der Waals surface area contributed by atoms with E-state index in [2.05, 4.69) is 66.7 Å². The Hall–Kier alpha value is -0.0213. The Morgan fingerprint density at radius 3 is 1.97 bits per heavy atom. The zero-order chi connectivity index (χ0) is 24.5. The SMILES string of the molecule is CCC[CH2][Sn]([CH2]CCC)([CH2]CCC)/[C]1=C\[C@H]2[C@H](CC/C(C)=C/CC/C(C)=C/C[C@H]1O)C2(C)C. The number of unbranched alkanes of at least 4 members (excludes halogenated alkanes) is 3. The summed E-state index contributed by atoms with van der Waals surface area (Å²) < 4.78 is 6.00. The van der Waals surface area contributed by atoms with Crippen LogP contribution >= 0.6 is 0 Å². The summed E-state index contributed by atoms with van der Waals surface area (Å²) in [6.07, 6.45) is 21.0. The van der Waals surface area contributed by atoms with E-state index in [1.54, 1.807) is 9.16 Å². The van der Waals surface area contributed by atoms with Crippen LogP contribution in [0, 0.1) is 17.3 Å². The van der Waals surface area contributed by atoms with Gasteiger partial charge in [0.2, 0.25) is 0 Å². The average molecular weight is 563 g/mol. The summed E-state index contributed by atoms with van der Waals surface area (Å²) in [5.41, 5.74) is 3.43. The van der Waals surface area contributed by atoms with Gasteiger partial charge in [0.25, 0.3) is 0 Å². The van der Waals surface area contributed by atoms with Gasteiger partial charge in [-0.05, 0) is 0 Å². The van der Waals surface area contributed by atoms with Crippen molar-refractivity contribution in [3.63, 3.8) is 0 Å². The molecule has 0 heterocycles. The van der Waals surface area contributed by atoms with Crippen LogP contribution in [0.15, 0.2) is 33.0 Å². The second-order valence-corrected chi connectivity index (χ2v) is 25.3. The number of aliphatic hydroxyl groups excluding tert-OH is 1. The van der Waals surface area contributed by atoms with Crippen molar-refractivity contribution in [2.45, 2.75) is 139 Å². The van der Waals surface area contributed by atoms with Gasteiger partial charge in [0.15, 0.2) is 0 Å². The van der Waals surface area contributed by atoms with Crippen molar-refractivity contribution in [2.75, 3.05) is 0 Å². The van der Waals surface area contributed by atoms with E-state index in [1.807, 2.05) is 0 Å². The molecule has 0 aromatic rings. The standard InChI is InChI=1S/C19H29O.3C4H9.Sn/c1-14-6-5-7-15(2)9-12-17-18(19(17,3)4)13-11-16(20)10-8-14;3*1-3-4-2;/h7-8,13,16-18,20H,5-6,9-10,12H2,1-4H3;3*1,3-4H2,2H3;/b13-11?,14-8+,15-7+;;;;/t16-,17+,18+;;;;/m1..../s1. The summed E-state index contributed by atoms with van der Waals surface area (Å²) in [6.45, 7) is 16.7. The zero-order valence-electron chi connectivity index (χ0n) is 23.3. The van der Waals surface area contributed by atoms with E-state index in [9.17, 15) is 5.11 Å². The predicted molar refractivity (Wildman–Crippen MR) is 150 cm³/mol. The van der Waals surface area contributed by atoms with E-state index in [4.69, 9.17) is 0 Å². The molecule has 2 rings (SSSR count). The first-order chi connectivity index (χ1) is 15.7. The molecule has 0 aliphatic heterocycles. The van der Waals surface area contributed by atoms with E-state index in [-0.39, 0.29) is 6.10 Å². The third-order valence-electron chi connectivity index (χ3n) is 9.07. The molecule has 1 fully saturated rings. The Kier molecular flexibility index (Phi) is 12.3. The van der Waals surface area contributed by atoms with Crippen LogP contribution in [0.4, 0.5) is 0 Å².